The van der Waals surface area contributed by atoms with Gasteiger partial charge in [0.1, 0.15) is 5.82 Å². The summed E-state index contributed by atoms with van der Waals surface area (Å²) in [7, 11) is 0. The molecule has 1 aromatic rings. The van der Waals surface area contributed by atoms with E-state index in [4.69, 9.17) is 5.84 Å². The van der Waals surface area contributed by atoms with E-state index in [-0.39, 0.29) is 5.82 Å². The van der Waals surface area contributed by atoms with E-state index in [1.54, 1.807) is 0 Å². The summed E-state index contributed by atoms with van der Waals surface area (Å²) < 4.78 is 12.4. The smallest absolute Gasteiger partial charge is 0.303 e. The molecule has 0 amide bonds. The maximum Gasteiger partial charge on any atom is 0.315 e. The molecule has 1 heterocycles. The molecule has 7 heteroatoms. The average molecular weight is 172 g/mol. The van der Waals surface area contributed by atoms with Crippen molar-refractivity contribution in [3.63, 3.8) is 0 Å². The third kappa shape index (κ3) is 1.45. The second kappa shape index (κ2) is 3.09. The summed E-state index contributed by atoms with van der Waals surface area (Å²) in [6, 6.07) is 0.738. The molecular weight excluding hydrogens is 167 g/mol. The van der Waals surface area contributed by atoms with Crippen molar-refractivity contribution in [2.45, 2.75) is 0 Å². The molecule has 0 aliphatic rings. The third-order valence-electron chi connectivity index (χ3n) is 1.17. The van der Waals surface area contributed by atoms with E-state index >= 15 is 0 Å². The number of nitrogens with zero attached hydrogens (tertiary/aromatic N) is 2. The number of nitrogens with two attached hydrogens (primary N) is 1. The first-order valence-corrected chi connectivity index (χ1v) is 2.91. The SMILES string of the molecule is NNc1ncc(F)cc1[N+](=O)[O-]. The van der Waals surface area contributed by atoms with Crippen molar-refractivity contribution in [3.05, 3.63) is 28.2 Å². The first-order valence-electron chi connectivity index (χ1n) is 2.91. The van der Waals surface area contributed by atoms with Gasteiger partial charge in [0.2, 0.25) is 5.82 Å². The Morgan fingerprint density at radius 2 is 2.42 bits per heavy atom. The minimum Gasteiger partial charge on any atom is -0.303 e. The molecule has 0 aliphatic heterocycles. The Hall–Kier alpha value is -1.76. The van der Waals surface area contributed by atoms with Crippen LogP contribution in [0.2, 0.25) is 0 Å². The molecule has 0 saturated carbocycles. The zero-order chi connectivity index (χ0) is 9.14. The number of nitro groups is 1. The number of nitrogens with one attached hydrogen (secondary N) is 1. The number of hydrogen-bond acceptors (Lipinski definition) is 5. The number of pyridine rings is 1. The van der Waals surface area contributed by atoms with Crippen LogP contribution in [0.1, 0.15) is 0 Å². The molecule has 1 aromatic heterocycles. The molecule has 12 heavy (non-hydrogen) atoms. The minimum absolute atomic E-state index is 0.165. The molecule has 0 unspecified atom stereocenters. The van der Waals surface area contributed by atoms with Gasteiger partial charge in [0.15, 0.2) is 0 Å². The second-order valence-electron chi connectivity index (χ2n) is 1.92. The first kappa shape index (κ1) is 8.34. The van der Waals surface area contributed by atoms with Crippen LogP contribution in [0, 0.1) is 15.9 Å². The summed E-state index contributed by atoms with van der Waals surface area (Å²) >= 11 is 0. The van der Waals surface area contributed by atoms with E-state index in [2.05, 4.69) is 4.98 Å². The van der Waals surface area contributed by atoms with Gasteiger partial charge < -0.3 is 5.43 Å². The van der Waals surface area contributed by atoms with Crippen LogP contribution in [0.15, 0.2) is 12.3 Å². The molecule has 0 aromatic carbocycles. The number of rotatable bonds is 2. The van der Waals surface area contributed by atoms with Crippen molar-refractivity contribution in [1.29, 1.82) is 0 Å². The molecule has 0 saturated heterocycles. The van der Waals surface area contributed by atoms with E-state index < -0.39 is 16.4 Å². The summed E-state index contributed by atoms with van der Waals surface area (Å²) in [6.45, 7) is 0. The summed E-state index contributed by atoms with van der Waals surface area (Å²) in [6.07, 6.45) is 0.836. The monoisotopic (exact) mass is 172 g/mol. The predicted octanol–water partition coefficient (Wildman–Crippen LogP) is 0.414. The summed E-state index contributed by atoms with van der Waals surface area (Å²) in [5, 5.41) is 10.2. The normalized spacial score (nSPS) is 9.50. The zero-order valence-corrected chi connectivity index (χ0v) is 5.82. The van der Waals surface area contributed by atoms with Crippen molar-refractivity contribution >= 4 is 11.5 Å². The molecule has 0 radical (unpaired) electrons. The number of hydrogen-bond donors (Lipinski definition) is 2. The predicted molar refractivity (Wildman–Crippen MR) is 38.7 cm³/mol. The Morgan fingerprint density at radius 3 is 2.92 bits per heavy atom. The van der Waals surface area contributed by atoms with Crippen LogP contribution >= 0.6 is 0 Å². The zero-order valence-electron chi connectivity index (χ0n) is 5.82. The first-order chi connectivity index (χ1) is 5.65. The van der Waals surface area contributed by atoms with Crippen LogP contribution in [0.3, 0.4) is 0 Å². The molecule has 0 spiro atoms. The van der Waals surface area contributed by atoms with Crippen LogP contribution in [0.4, 0.5) is 15.9 Å². The van der Waals surface area contributed by atoms with Crippen molar-refractivity contribution in [1.82, 2.24) is 4.98 Å². The topological polar surface area (TPSA) is 94.1 Å². The van der Waals surface area contributed by atoms with Gasteiger partial charge in [-0.25, -0.2) is 15.2 Å². The lowest BCUT2D eigenvalue weighted by molar-refractivity contribution is -0.384. The molecule has 3 N–H and O–H groups in total. The third-order valence-corrected chi connectivity index (χ3v) is 1.17. The van der Waals surface area contributed by atoms with E-state index in [9.17, 15) is 14.5 Å². The van der Waals surface area contributed by atoms with Crippen LogP contribution in [-0.4, -0.2) is 9.91 Å². The highest BCUT2D eigenvalue weighted by Gasteiger charge is 2.14. The lowest BCUT2D eigenvalue weighted by Gasteiger charge is -1.98. The summed E-state index contributed by atoms with van der Waals surface area (Å²) in [5.41, 5.74) is 1.50. The Balaban J connectivity index is 3.21. The van der Waals surface area contributed by atoms with Crippen LogP contribution < -0.4 is 11.3 Å². The van der Waals surface area contributed by atoms with Crippen LogP contribution in [0.5, 0.6) is 0 Å². The van der Waals surface area contributed by atoms with Gasteiger partial charge in [-0.3, -0.25) is 10.1 Å². The molecule has 1 rings (SSSR count). The van der Waals surface area contributed by atoms with E-state index in [1.807, 2.05) is 5.43 Å². The number of hydrazine groups is 1. The fourth-order valence-corrected chi connectivity index (χ4v) is 0.679. The number of anilines is 1. The van der Waals surface area contributed by atoms with Crippen molar-refractivity contribution in [3.8, 4) is 0 Å². The Kier molecular flexibility index (Phi) is 2.15. The number of aromatic nitrogens is 1. The molecular formula is C5H5FN4O2. The molecule has 0 aliphatic carbocycles. The van der Waals surface area contributed by atoms with E-state index in [0.29, 0.717) is 0 Å². The van der Waals surface area contributed by atoms with E-state index in [0.717, 1.165) is 12.3 Å². The van der Waals surface area contributed by atoms with Crippen molar-refractivity contribution in [2.24, 2.45) is 5.84 Å². The van der Waals surface area contributed by atoms with Crippen molar-refractivity contribution < 1.29 is 9.31 Å². The Bertz CT molecular complexity index is 316. The lowest BCUT2D eigenvalue weighted by atomic mass is 10.4. The van der Waals surface area contributed by atoms with Gasteiger partial charge in [-0.1, -0.05) is 0 Å². The summed E-state index contributed by atoms with van der Waals surface area (Å²) in [4.78, 5) is 12.8. The van der Waals surface area contributed by atoms with Crippen LogP contribution in [-0.2, 0) is 0 Å². The highest BCUT2D eigenvalue weighted by Crippen LogP contribution is 2.20. The van der Waals surface area contributed by atoms with Gasteiger partial charge in [-0.2, -0.15) is 0 Å². The van der Waals surface area contributed by atoms with Gasteiger partial charge in [-0.05, 0) is 0 Å². The highest BCUT2D eigenvalue weighted by molar-refractivity contribution is 5.54. The fourth-order valence-electron chi connectivity index (χ4n) is 0.679. The van der Waals surface area contributed by atoms with Crippen molar-refractivity contribution in [2.75, 3.05) is 5.43 Å². The van der Waals surface area contributed by atoms with Gasteiger partial charge in [0.25, 0.3) is 0 Å². The van der Waals surface area contributed by atoms with Gasteiger partial charge in [0, 0.05) is 0 Å². The number of nitrogen functional groups attached to an aromatic ring is 1. The Labute approximate surface area is 66.3 Å². The highest BCUT2D eigenvalue weighted by atomic mass is 19.1. The fraction of sp³-hybridized carbons (Fsp3) is 0. The maximum atomic E-state index is 12.4. The Morgan fingerprint density at radius 1 is 1.75 bits per heavy atom. The molecule has 0 bridgehead atoms. The van der Waals surface area contributed by atoms with Gasteiger partial charge in [0.05, 0.1) is 17.2 Å². The van der Waals surface area contributed by atoms with E-state index in [1.165, 1.54) is 0 Å². The molecule has 0 atom stereocenters. The second-order valence-corrected chi connectivity index (χ2v) is 1.92. The van der Waals surface area contributed by atoms with Gasteiger partial charge in [-0.15, -0.1) is 0 Å². The van der Waals surface area contributed by atoms with Crippen LogP contribution in [0.25, 0.3) is 0 Å². The largest absolute Gasteiger partial charge is 0.315 e. The average Bonchev–Trinajstić information content (AvgIpc) is 2.04. The molecule has 6 nitrogen and oxygen atoms in total. The lowest BCUT2D eigenvalue weighted by Crippen LogP contribution is -2.10. The maximum absolute atomic E-state index is 12.4. The van der Waals surface area contributed by atoms with Gasteiger partial charge >= 0.3 is 5.69 Å². The standard InChI is InChI=1S/C5H5FN4O2/c6-3-1-4(10(11)12)5(9-7)8-2-3/h1-2H,7H2,(H,8,9). The molecule has 64 valence electrons. The minimum atomic E-state index is -0.777. The molecule has 0 fully saturated rings. The summed E-state index contributed by atoms with van der Waals surface area (Å²) in [5.74, 6) is 3.96. The quantitative estimate of drug-likeness (QED) is 0.383. The number of halogens is 1.